The van der Waals surface area contributed by atoms with Gasteiger partial charge in [0.2, 0.25) is 0 Å². The Balaban J connectivity index is 1.70. The zero-order valence-corrected chi connectivity index (χ0v) is 16.3. The average Bonchev–Trinajstić information content (AvgIpc) is 2.67. The van der Waals surface area contributed by atoms with Crippen molar-refractivity contribution in [1.29, 1.82) is 0 Å². The van der Waals surface area contributed by atoms with E-state index in [1.54, 1.807) is 0 Å². The SMILES string of the molecule is C[C@H](OC(=O)CSc1ccc([N+](=O)[O-])cc1)C(=O)NC(=O)NC1CCCCC1. The van der Waals surface area contributed by atoms with E-state index in [9.17, 15) is 24.5 Å². The van der Waals surface area contributed by atoms with Crippen LogP contribution in [0.3, 0.4) is 0 Å². The molecule has 1 atom stereocenters. The first kappa shape index (κ1) is 21.7. The first-order valence-corrected chi connectivity index (χ1v) is 10.0. The van der Waals surface area contributed by atoms with E-state index in [1.165, 1.54) is 31.2 Å². The second kappa shape index (κ2) is 10.6. The normalized spacial score (nSPS) is 15.3. The highest BCUT2D eigenvalue weighted by atomic mass is 32.2. The van der Waals surface area contributed by atoms with Gasteiger partial charge < -0.3 is 10.1 Å². The molecule has 1 aliphatic rings. The van der Waals surface area contributed by atoms with E-state index in [0.29, 0.717) is 4.90 Å². The predicted octanol–water partition coefficient (Wildman–Crippen LogP) is 2.78. The molecule has 0 aromatic heterocycles. The number of thioether (sulfide) groups is 1. The van der Waals surface area contributed by atoms with Gasteiger partial charge in [-0.05, 0) is 31.9 Å². The molecule has 1 fully saturated rings. The first-order valence-electron chi connectivity index (χ1n) is 9.03. The summed E-state index contributed by atoms with van der Waals surface area (Å²) in [5.74, 6) is -1.38. The molecule has 10 heteroatoms. The van der Waals surface area contributed by atoms with E-state index < -0.39 is 28.9 Å². The fourth-order valence-electron chi connectivity index (χ4n) is 2.77. The summed E-state index contributed by atoms with van der Waals surface area (Å²) in [6.07, 6.45) is 3.95. The van der Waals surface area contributed by atoms with Gasteiger partial charge in [0.1, 0.15) is 0 Å². The molecule has 152 valence electrons. The summed E-state index contributed by atoms with van der Waals surface area (Å²) in [4.78, 5) is 46.5. The standard InChI is InChI=1S/C18H23N3O6S/c1-12(17(23)20-18(24)19-13-5-3-2-4-6-13)27-16(22)11-28-15-9-7-14(8-10-15)21(25)26/h7-10,12-13H,2-6,11H2,1H3,(H2,19,20,23,24)/t12-/m0/s1. The fourth-order valence-corrected chi connectivity index (χ4v) is 3.45. The molecule has 0 heterocycles. The molecule has 2 rings (SSSR count). The van der Waals surface area contributed by atoms with Crippen molar-refractivity contribution in [3.8, 4) is 0 Å². The molecule has 1 aliphatic carbocycles. The van der Waals surface area contributed by atoms with Gasteiger partial charge in [0.15, 0.2) is 6.10 Å². The van der Waals surface area contributed by atoms with Crippen LogP contribution in [-0.4, -0.2) is 40.7 Å². The maximum Gasteiger partial charge on any atom is 0.321 e. The lowest BCUT2D eigenvalue weighted by Gasteiger charge is -2.23. The Bertz CT molecular complexity index is 719. The van der Waals surface area contributed by atoms with E-state index in [1.807, 2.05) is 0 Å². The van der Waals surface area contributed by atoms with Gasteiger partial charge in [-0.25, -0.2) is 4.79 Å². The fraction of sp³-hybridized carbons (Fsp3) is 0.500. The number of nitro groups is 1. The van der Waals surface area contributed by atoms with Crippen LogP contribution in [0, 0.1) is 10.1 Å². The second-order valence-corrected chi connectivity index (χ2v) is 7.52. The van der Waals surface area contributed by atoms with Crippen LogP contribution in [0.2, 0.25) is 0 Å². The number of carbonyl (C=O) groups is 3. The van der Waals surface area contributed by atoms with Crippen LogP contribution in [0.25, 0.3) is 0 Å². The van der Waals surface area contributed by atoms with Crippen molar-refractivity contribution in [2.75, 3.05) is 5.75 Å². The van der Waals surface area contributed by atoms with Gasteiger partial charge in [0, 0.05) is 23.1 Å². The van der Waals surface area contributed by atoms with Gasteiger partial charge >= 0.3 is 12.0 Å². The minimum atomic E-state index is -1.11. The van der Waals surface area contributed by atoms with E-state index in [2.05, 4.69) is 10.6 Å². The molecule has 9 nitrogen and oxygen atoms in total. The largest absolute Gasteiger partial charge is 0.452 e. The number of rotatable bonds is 7. The minimum Gasteiger partial charge on any atom is -0.452 e. The number of amides is 3. The van der Waals surface area contributed by atoms with Gasteiger partial charge in [-0.2, -0.15) is 0 Å². The highest BCUT2D eigenvalue weighted by molar-refractivity contribution is 8.00. The predicted molar refractivity (Wildman–Crippen MR) is 103 cm³/mol. The molecule has 28 heavy (non-hydrogen) atoms. The Morgan fingerprint density at radius 1 is 1.21 bits per heavy atom. The Kier molecular flexibility index (Phi) is 8.24. The second-order valence-electron chi connectivity index (χ2n) is 6.47. The molecule has 1 aromatic carbocycles. The number of non-ortho nitro benzene ring substituents is 1. The van der Waals surface area contributed by atoms with Crippen LogP contribution in [0.1, 0.15) is 39.0 Å². The summed E-state index contributed by atoms with van der Waals surface area (Å²) in [5.41, 5.74) is -0.0382. The smallest absolute Gasteiger partial charge is 0.321 e. The number of urea groups is 1. The molecule has 0 bridgehead atoms. The summed E-state index contributed by atoms with van der Waals surface area (Å²) in [5, 5.41) is 15.5. The van der Waals surface area contributed by atoms with Crippen LogP contribution in [0.4, 0.5) is 10.5 Å². The van der Waals surface area contributed by atoms with Crippen molar-refractivity contribution in [3.05, 3.63) is 34.4 Å². The quantitative estimate of drug-likeness (QED) is 0.307. The van der Waals surface area contributed by atoms with Crippen molar-refractivity contribution in [2.24, 2.45) is 0 Å². The molecule has 0 spiro atoms. The molecule has 0 saturated heterocycles. The van der Waals surface area contributed by atoms with E-state index in [-0.39, 0.29) is 17.5 Å². The number of hydrogen-bond acceptors (Lipinski definition) is 7. The summed E-state index contributed by atoms with van der Waals surface area (Å²) < 4.78 is 5.03. The minimum absolute atomic E-state index is 0.0382. The lowest BCUT2D eigenvalue weighted by atomic mass is 9.96. The topological polar surface area (TPSA) is 128 Å². The summed E-state index contributed by atoms with van der Waals surface area (Å²) in [6, 6.07) is 5.23. The lowest BCUT2D eigenvalue weighted by molar-refractivity contribution is -0.384. The zero-order chi connectivity index (χ0) is 20.5. The molecular formula is C18H23N3O6S. The van der Waals surface area contributed by atoms with E-state index in [4.69, 9.17) is 4.74 Å². The Morgan fingerprint density at radius 3 is 2.46 bits per heavy atom. The number of benzene rings is 1. The third-order valence-corrected chi connectivity index (χ3v) is 5.24. The number of hydrogen-bond donors (Lipinski definition) is 2. The molecule has 0 aliphatic heterocycles. The van der Waals surface area contributed by atoms with Crippen molar-refractivity contribution < 1.29 is 24.0 Å². The van der Waals surface area contributed by atoms with E-state index >= 15 is 0 Å². The molecule has 0 unspecified atom stereocenters. The Labute approximate surface area is 166 Å². The Hall–Kier alpha value is -2.62. The number of esters is 1. The molecule has 0 radical (unpaired) electrons. The van der Waals surface area contributed by atoms with Crippen LogP contribution in [0.15, 0.2) is 29.2 Å². The number of nitrogens with one attached hydrogen (secondary N) is 2. The first-order chi connectivity index (χ1) is 13.3. The number of nitro benzene ring substituents is 1. The number of imide groups is 1. The van der Waals surface area contributed by atoms with Gasteiger partial charge in [-0.15, -0.1) is 11.8 Å². The van der Waals surface area contributed by atoms with Gasteiger partial charge in [-0.1, -0.05) is 19.3 Å². The molecule has 1 saturated carbocycles. The monoisotopic (exact) mass is 409 g/mol. The van der Waals surface area contributed by atoms with Crippen LogP contribution in [-0.2, 0) is 14.3 Å². The zero-order valence-electron chi connectivity index (χ0n) is 15.5. The number of nitrogens with zero attached hydrogens (tertiary/aromatic N) is 1. The van der Waals surface area contributed by atoms with Crippen molar-refractivity contribution in [1.82, 2.24) is 10.6 Å². The van der Waals surface area contributed by atoms with Crippen molar-refractivity contribution in [3.63, 3.8) is 0 Å². The highest BCUT2D eigenvalue weighted by Crippen LogP contribution is 2.21. The molecule has 2 N–H and O–H groups in total. The molecular weight excluding hydrogens is 386 g/mol. The lowest BCUT2D eigenvalue weighted by Crippen LogP contribution is -2.48. The number of ether oxygens (including phenoxy) is 1. The molecule has 1 aromatic rings. The third kappa shape index (κ3) is 7.18. The Morgan fingerprint density at radius 2 is 1.86 bits per heavy atom. The number of carbonyl (C=O) groups excluding carboxylic acids is 3. The van der Waals surface area contributed by atoms with Gasteiger partial charge in [-0.3, -0.25) is 25.0 Å². The van der Waals surface area contributed by atoms with Crippen molar-refractivity contribution >= 4 is 35.4 Å². The summed E-state index contributed by atoms with van der Waals surface area (Å²) >= 11 is 1.13. The maximum absolute atomic E-state index is 12.0. The summed E-state index contributed by atoms with van der Waals surface area (Å²) in [6.45, 7) is 1.39. The van der Waals surface area contributed by atoms with Gasteiger partial charge in [0.25, 0.3) is 11.6 Å². The van der Waals surface area contributed by atoms with Crippen molar-refractivity contribution in [2.45, 2.75) is 56.1 Å². The van der Waals surface area contributed by atoms with Crippen LogP contribution < -0.4 is 10.6 Å². The van der Waals surface area contributed by atoms with Crippen LogP contribution in [0.5, 0.6) is 0 Å². The van der Waals surface area contributed by atoms with Crippen LogP contribution >= 0.6 is 11.8 Å². The highest BCUT2D eigenvalue weighted by Gasteiger charge is 2.22. The maximum atomic E-state index is 12.0. The third-order valence-electron chi connectivity index (χ3n) is 4.26. The van der Waals surface area contributed by atoms with Gasteiger partial charge in [0.05, 0.1) is 10.7 Å². The average molecular weight is 409 g/mol. The van der Waals surface area contributed by atoms with E-state index in [0.717, 1.165) is 43.9 Å². The summed E-state index contributed by atoms with van der Waals surface area (Å²) in [7, 11) is 0. The molecule has 3 amide bonds.